The molecule has 1 unspecified atom stereocenters. The Bertz CT molecular complexity index is 333. The fraction of sp³-hybridized carbons (Fsp3) is 0.571. The molecule has 0 aliphatic rings. The molecule has 4 heteroatoms. The third kappa shape index (κ3) is 3.89. The first-order valence-corrected chi connectivity index (χ1v) is 6.28. The minimum absolute atomic E-state index is 0.100. The first-order valence-electron chi connectivity index (χ1n) is 6.28. The molecule has 1 aromatic carbocycles. The van der Waals surface area contributed by atoms with Gasteiger partial charge in [-0.2, -0.15) is 0 Å². The third-order valence-corrected chi connectivity index (χ3v) is 2.84. The summed E-state index contributed by atoms with van der Waals surface area (Å²) in [5.41, 5.74) is 7.14. The molecule has 1 aromatic rings. The lowest BCUT2D eigenvalue weighted by Gasteiger charge is -2.18. The Kier molecular flexibility index (Phi) is 6.54. The molecule has 2 N–H and O–H groups in total. The molecular weight excluding hydrogens is 230 g/mol. The van der Waals surface area contributed by atoms with Gasteiger partial charge in [0.25, 0.3) is 0 Å². The molecule has 0 aliphatic carbocycles. The summed E-state index contributed by atoms with van der Waals surface area (Å²) in [6.07, 6.45) is 1.77. The summed E-state index contributed by atoms with van der Waals surface area (Å²) in [5, 5.41) is 0. The van der Waals surface area contributed by atoms with E-state index < -0.39 is 0 Å². The summed E-state index contributed by atoms with van der Waals surface area (Å²) in [6, 6.07) is 5.60. The zero-order valence-corrected chi connectivity index (χ0v) is 11.4. The molecule has 4 nitrogen and oxygen atoms in total. The molecular formula is C14H23NO3. The molecule has 0 saturated heterocycles. The zero-order valence-electron chi connectivity index (χ0n) is 11.4. The van der Waals surface area contributed by atoms with Crippen molar-refractivity contribution < 1.29 is 14.2 Å². The number of rotatable bonds is 8. The van der Waals surface area contributed by atoms with Crippen molar-refractivity contribution in [3.05, 3.63) is 23.8 Å². The normalized spacial score (nSPS) is 12.2. The third-order valence-electron chi connectivity index (χ3n) is 2.84. The van der Waals surface area contributed by atoms with Crippen LogP contribution in [-0.2, 0) is 4.74 Å². The van der Waals surface area contributed by atoms with Crippen LogP contribution in [0.4, 0.5) is 0 Å². The zero-order chi connectivity index (χ0) is 13.4. The highest BCUT2D eigenvalue weighted by atomic mass is 16.5. The molecule has 0 saturated carbocycles. The first kappa shape index (κ1) is 14.8. The van der Waals surface area contributed by atoms with Gasteiger partial charge in [0.1, 0.15) is 11.5 Å². The SMILES string of the molecule is CCOCCCC(N)c1c(OC)cccc1OC. The van der Waals surface area contributed by atoms with Gasteiger partial charge in [0, 0.05) is 19.3 Å². The summed E-state index contributed by atoms with van der Waals surface area (Å²) in [6.45, 7) is 3.47. The molecule has 0 bridgehead atoms. The maximum Gasteiger partial charge on any atom is 0.127 e. The average Bonchev–Trinajstić information content (AvgIpc) is 2.42. The molecule has 0 heterocycles. The fourth-order valence-corrected chi connectivity index (χ4v) is 1.94. The largest absolute Gasteiger partial charge is 0.496 e. The second kappa shape index (κ2) is 7.95. The minimum atomic E-state index is -0.100. The van der Waals surface area contributed by atoms with Crippen molar-refractivity contribution in [2.24, 2.45) is 5.73 Å². The second-order valence-electron chi connectivity index (χ2n) is 4.02. The van der Waals surface area contributed by atoms with Crippen molar-refractivity contribution in [3.63, 3.8) is 0 Å². The Morgan fingerprint density at radius 1 is 1.17 bits per heavy atom. The van der Waals surface area contributed by atoms with Crippen LogP contribution in [0.2, 0.25) is 0 Å². The van der Waals surface area contributed by atoms with Gasteiger partial charge in [0.15, 0.2) is 0 Å². The van der Waals surface area contributed by atoms with E-state index in [1.165, 1.54) is 0 Å². The van der Waals surface area contributed by atoms with E-state index >= 15 is 0 Å². The van der Waals surface area contributed by atoms with Crippen LogP contribution in [0.1, 0.15) is 31.4 Å². The van der Waals surface area contributed by atoms with E-state index in [-0.39, 0.29) is 6.04 Å². The summed E-state index contributed by atoms with van der Waals surface area (Å²) in [4.78, 5) is 0. The van der Waals surface area contributed by atoms with E-state index in [4.69, 9.17) is 19.9 Å². The van der Waals surface area contributed by atoms with E-state index in [9.17, 15) is 0 Å². The summed E-state index contributed by atoms with van der Waals surface area (Å²) in [7, 11) is 3.29. The second-order valence-corrected chi connectivity index (χ2v) is 4.02. The maximum atomic E-state index is 6.21. The van der Waals surface area contributed by atoms with Gasteiger partial charge in [-0.3, -0.25) is 0 Å². The highest BCUT2D eigenvalue weighted by molar-refractivity contribution is 5.46. The number of ether oxygens (including phenoxy) is 3. The van der Waals surface area contributed by atoms with Crippen LogP contribution in [0.5, 0.6) is 11.5 Å². The van der Waals surface area contributed by atoms with Gasteiger partial charge in [-0.1, -0.05) is 6.07 Å². The van der Waals surface area contributed by atoms with Crippen LogP contribution in [0, 0.1) is 0 Å². The van der Waals surface area contributed by atoms with Gasteiger partial charge in [0.05, 0.1) is 19.8 Å². The minimum Gasteiger partial charge on any atom is -0.496 e. The van der Waals surface area contributed by atoms with Gasteiger partial charge in [0.2, 0.25) is 0 Å². The monoisotopic (exact) mass is 253 g/mol. The van der Waals surface area contributed by atoms with Crippen LogP contribution < -0.4 is 15.2 Å². The van der Waals surface area contributed by atoms with Gasteiger partial charge in [-0.15, -0.1) is 0 Å². The molecule has 1 atom stereocenters. The van der Waals surface area contributed by atoms with Crippen molar-refractivity contribution in [2.75, 3.05) is 27.4 Å². The standard InChI is InChI=1S/C14H23NO3/c1-4-18-10-6-7-11(15)14-12(16-2)8-5-9-13(14)17-3/h5,8-9,11H,4,6-7,10,15H2,1-3H3. The first-order chi connectivity index (χ1) is 8.74. The van der Waals surface area contributed by atoms with Crippen molar-refractivity contribution in [3.8, 4) is 11.5 Å². The molecule has 0 amide bonds. The Morgan fingerprint density at radius 2 is 1.78 bits per heavy atom. The van der Waals surface area contributed by atoms with Gasteiger partial charge >= 0.3 is 0 Å². The van der Waals surface area contributed by atoms with Gasteiger partial charge in [-0.05, 0) is 31.9 Å². The number of methoxy groups -OCH3 is 2. The Labute approximate surface area is 109 Å². The van der Waals surface area contributed by atoms with Crippen LogP contribution in [0.15, 0.2) is 18.2 Å². The lowest BCUT2D eigenvalue weighted by Crippen LogP contribution is -2.14. The highest BCUT2D eigenvalue weighted by Gasteiger charge is 2.16. The molecule has 0 aromatic heterocycles. The lowest BCUT2D eigenvalue weighted by atomic mass is 10.0. The van der Waals surface area contributed by atoms with Crippen molar-refractivity contribution >= 4 is 0 Å². The van der Waals surface area contributed by atoms with Crippen LogP contribution in [0.25, 0.3) is 0 Å². The Hall–Kier alpha value is -1.26. The molecule has 0 radical (unpaired) electrons. The number of hydrogen-bond acceptors (Lipinski definition) is 4. The van der Waals surface area contributed by atoms with E-state index in [0.717, 1.165) is 43.1 Å². The number of nitrogens with two attached hydrogens (primary N) is 1. The fourth-order valence-electron chi connectivity index (χ4n) is 1.94. The molecule has 1 rings (SSSR count). The van der Waals surface area contributed by atoms with Gasteiger partial charge < -0.3 is 19.9 Å². The van der Waals surface area contributed by atoms with E-state index in [1.54, 1.807) is 14.2 Å². The quantitative estimate of drug-likeness (QED) is 0.723. The summed E-state index contributed by atoms with van der Waals surface area (Å²) < 4.78 is 16.0. The number of hydrogen-bond donors (Lipinski definition) is 1. The Morgan fingerprint density at radius 3 is 2.28 bits per heavy atom. The van der Waals surface area contributed by atoms with E-state index in [0.29, 0.717) is 0 Å². The van der Waals surface area contributed by atoms with Crippen LogP contribution in [0.3, 0.4) is 0 Å². The smallest absolute Gasteiger partial charge is 0.127 e. The topological polar surface area (TPSA) is 53.7 Å². The van der Waals surface area contributed by atoms with Crippen molar-refractivity contribution in [2.45, 2.75) is 25.8 Å². The maximum absolute atomic E-state index is 6.21. The molecule has 102 valence electrons. The molecule has 0 spiro atoms. The van der Waals surface area contributed by atoms with E-state index in [2.05, 4.69) is 0 Å². The van der Waals surface area contributed by atoms with Crippen LogP contribution >= 0.6 is 0 Å². The average molecular weight is 253 g/mol. The lowest BCUT2D eigenvalue weighted by molar-refractivity contribution is 0.141. The van der Waals surface area contributed by atoms with E-state index in [1.807, 2.05) is 25.1 Å². The summed E-state index contributed by atoms with van der Waals surface area (Å²) in [5.74, 6) is 1.55. The van der Waals surface area contributed by atoms with Crippen molar-refractivity contribution in [1.29, 1.82) is 0 Å². The summed E-state index contributed by atoms with van der Waals surface area (Å²) >= 11 is 0. The highest BCUT2D eigenvalue weighted by Crippen LogP contribution is 2.34. The molecule has 0 aliphatic heterocycles. The Balaban J connectivity index is 2.73. The predicted octanol–water partition coefficient (Wildman–Crippen LogP) is 2.52. The van der Waals surface area contributed by atoms with Crippen molar-refractivity contribution in [1.82, 2.24) is 0 Å². The molecule has 0 fully saturated rings. The predicted molar refractivity (Wildman–Crippen MR) is 72.2 cm³/mol. The van der Waals surface area contributed by atoms with Crippen LogP contribution in [-0.4, -0.2) is 27.4 Å². The number of benzene rings is 1. The molecule has 18 heavy (non-hydrogen) atoms. The van der Waals surface area contributed by atoms with Gasteiger partial charge in [-0.25, -0.2) is 0 Å².